The van der Waals surface area contributed by atoms with Crippen molar-refractivity contribution >= 4 is 10.1 Å². The van der Waals surface area contributed by atoms with Gasteiger partial charge in [0.15, 0.2) is 5.60 Å². The predicted octanol–water partition coefficient (Wildman–Crippen LogP) is 6.20. The van der Waals surface area contributed by atoms with E-state index in [-0.39, 0.29) is 16.7 Å². The van der Waals surface area contributed by atoms with Crippen molar-refractivity contribution in [3.63, 3.8) is 0 Å². The van der Waals surface area contributed by atoms with Crippen LogP contribution in [-0.4, -0.2) is 13.0 Å². The number of rotatable bonds is 4. The van der Waals surface area contributed by atoms with Crippen molar-refractivity contribution in [1.29, 1.82) is 0 Å². The first-order valence-corrected chi connectivity index (χ1v) is 13.2. The van der Waals surface area contributed by atoms with Crippen molar-refractivity contribution in [2.45, 2.75) is 43.1 Å². The average molecular weight is 482 g/mol. The molecule has 0 heterocycles. The number of hydrogen-bond acceptors (Lipinski definition) is 4. The number of hydrogen-bond donors (Lipinski definition) is 0. The molecule has 3 aliphatic rings. The lowest BCUT2D eigenvalue weighted by Gasteiger charge is -2.50. The molecule has 0 spiro atoms. The van der Waals surface area contributed by atoms with Crippen molar-refractivity contribution in [2.24, 2.45) is 0 Å². The predicted molar refractivity (Wildman–Crippen MR) is 134 cm³/mol. The third-order valence-electron chi connectivity index (χ3n) is 7.42. The van der Waals surface area contributed by atoms with Crippen LogP contribution >= 0.6 is 0 Å². The fraction of sp³-hybridized carbons (Fsp3) is 0.200. The van der Waals surface area contributed by atoms with Crippen LogP contribution in [0.4, 0.5) is 0 Å². The van der Waals surface area contributed by atoms with Gasteiger partial charge in [-0.05, 0) is 52.8 Å². The molecule has 4 aromatic rings. The van der Waals surface area contributed by atoms with Crippen LogP contribution in [0.2, 0.25) is 0 Å². The third kappa shape index (κ3) is 3.05. The summed E-state index contributed by atoms with van der Waals surface area (Å²) in [5.74, 6) is 0.536. The minimum Gasteiger partial charge on any atom is -0.744 e. The third-order valence-corrected chi connectivity index (χ3v) is 8.31. The summed E-state index contributed by atoms with van der Waals surface area (Å²) in [4.78, 5) is -0.177. The first-order chi connectivity index (χ1) is 16.7. The largest absolute Gasteiger partial charge is 0.744 e. The van der Waals surface area contributed by atoms with E-state index in [1.165, 1.54) is 22.8 Å². The number of aryl methyl sites for hydroxylation is 1. The quantitative estimate of drug-likeness (QED) is 0.326. The molecule has 4 nitrogen and oxygen atoms in total. The first kappa shape index (κ1) is 22.1. The van der Waals surface area contributed by atoms with Crippen molar-refractivity contribution in [3.05, 3.63) is 129 Å². The van der Waals surface area contributed by atoms with E-state index in [2.05, 4.69) is 54.6 Å². The molecule has 35 heavy (non-hydrogen) atoms. The molecule has 0 fully saturated rings. The minimum absolute atomic E-state index is 0.129. The minimum atomic E-state index is -4.62. The molecule has 0 amide bonds. The lowest BCUT2D eigenvalue weighted by molar-refractivity contribution is 0.141. The van der Waals surface area contributed by atoms with Gasteiger partial charge in [0.1, 0.15) is 15.9 Å². The average Bonchev–Trinajstić information content (AvgIpc) is 2.84. The SMILES string of the molecule is Cc1cc(S(=O)(=O)[O-])c(C(C)C)cc1OC12c3ccccc3C(c3ccccc31)c1ccccc12. The molecule has 2 bridgehead atoms. The molecule has 176 valence electrons. The van der Waals surface area contributed by atoms with Gasteiger partial charge in [-0.2, -0.15) is 0 Å². The molecule has 0 aromatic heterocycles. The summed E-state index contributed by atoms with van der Waals surface area (Å²) in [6, 6.07) is 28.4. The maximum atomic E-state index is 12.0. The van der Waals surface area contributed by atoms with Gasteiger partial charge in [0, 0.05) is 22.6 Å². The molecule has 0 aliphatic heterocycles. The summed E-state index contributed by atoms with van der Waals surface area (Å²) in [5, 5.41) is 0. The summed E-state index contributed by atoms with van der Waals surface area (Å²) in [6.45, 7) is 5.56. The molecule has 0 saturated carbocycles. The Morgan fingerprint density at radius 1 is 0.800 bits per heavy atom. The Morgan fingerprint density at radius 2 is 1.26 bits per heavy atom. The van der Waals surface area contributed by atoms with Gasteiger partial charge < -0.3 is 9.29 Å². The van der Waals surface area contributed by atoms with Gasteiger partial charge in [-0.15, -0.1) is 0 Å². The Balaban J connectivity index is 1.67. The molecule has 4 aromatic carbocycles. The van der Waals surface area contributed by atoms with E-state index in [4.69, 9.17) is 4.74 Å². The smallest absolute Gasteiger partial charge is 0.185 e. The van der Waals surface area contributed by atoms with E-state index in [0.717, 1.165) is 16.7 Å². The van der Waals surface area contributed by atoms with Gasteiger partial charge in [-0.3, -0.25) is 0 Å². The second-order valence-electron chi connectivity index (χ2n) is 9.74. The molecule has 0 atom stereocenters. The second kappa shape index (κ2) is 7.54. The Bertz CT molecular complexity index is 1490. The molecule has 0 unspecified atom stereocenters. The van der Waals surface area contributed by atoms with E-state index >= 15 is 0 Å². The summed E-state index contributed by atoms with van der Waals surface area (Å²) in [5.41, 5.74) is 7.10. The number of ether oxygens (including phenoxy) is 1. The van der Waals surface area contributed by atoms with E-state index in [1.807, 2.05) is 32.0 Å². The zero-order valence-corrected chi connectivity index (χ0v) is 20.6. The van der Waals surface area contributed by atoms with Crippen molar-refractivity contribution in [3.8, 4) is 5.75 Å². The van der Waals surface area contributed by atoms with Crippen molar-refractivity contribution in [1.82, 2.24) is 0 Å². The van der Waals surface area contributed by atoms with Crippen LogP contribution in [0.3, 0.4) is 0 Å². The molecule has 7 rings (SSSR count). The summed E-state index contributed by atoms with van der Waals surface area (Å²) < 4.78 is 43.2. The summed E-state index contributed by atoms with van der Waals surface area (Å²) >= 11 is 0. The van der Waals surface area contributed by atoms with Crippen LogP contribution in [0.25, 0.3) is 0 Å². The highest BCUT2D eigenvalue weighted by atomic mass is 32.2. The lowest BCUT2D eigenvalue weighted by Crippen LogP contribution is -2.46. The van der Waals surface area contributed by atoms with Crippen LogP contribution in [0.15, 0.2) is 89.8 Å². The van der Waals surface area contributed by atoms with Gasteiger partial charge in [0.2, 0.25) is 0 Å². The monoisotopic (exact) mass is 481 g/mol. The van der Waals surface area contributed by atoms with Crippen LogP contribution in [-0.2, 0) is 15.7 Å². The van der Waals surface area contributed by atoms with Gasteiger partial charge in [0.05, 0.1) is 4.90 Å². The first-order valence-electron chi connectivity index (χ1n) is 11.8. The van der Waals surface area contributed by atoms with E-state index in [9.17, 15) is 13.0 Å². The molecule has 3 aliphatic carbocycles. The maximum Gasteiger partial charge on any atom is 0.185 e. The normalized spacial score (nSPS) is 19.7. The lowest BCUT2D eigenvalue weighted by atomic mass is 9.58. The Labute approximate surface area is 206 Å². The van der Waals surface area contributed by atoms with E-state index in [0.29, 0.717) is 16.9 Å². The highest BCUT2D eigenvalue weighted by Gasteiger charge is 2.53. The highest BCUT2D eigenvalue weighted by Crippen LogP contribution is 2.59. The fourth-order valence-corrected chi connectivity index (χ4v) is 6.84. The Hall–Kier alpha value is -3.41. The highest BCUT2D eigenvalue weighted by molar-refractivity contribution is 7.85. The molecule has 5 heteroatoms. The maximum absolute atomic E-state index is 12.0. The van der Waals surface area contributed by atoms with Gasteiger partial charge >= 0.3 is 0 Å². The standard InChI is InChI=1S/C30H26O4S/c1-18(2)23-17-27(19(3)16-28(23)35(31,32)33)34-30-24-13-7-4-10-20(24)29(21-11-5-8-14-25(21)30)22-12-6-9-15-26(22)30/h4-18,29H,1-3H3,(H,31,32,33)/p-1. The van der Waals surface area contributed by atoms with E-state index in [1.54, 1.807) is 13.0 Å². The molecule has 0 radical (unpaired) electrons. The molecular formula is C30H25O4S-. The topological polar surface area (TPSA) is 66.4 Å². The molecular weight excluding hydrogens is 456 g/mol. The Morgan fingerprint density at radius 3 is 1.69 bits per heavy atom. The fourth-order valence-electron chi connectivity index (χ4n) is 5.93. The molecule has 0 saturated heterocycles. The van der Waals surface area contributed by atoms with Crippen molar-refractivity contribution in [2.75, 3.05) is 0 Å². The Kier molecular flexibility index (Phi) is 4.76. The number of benzene rings is 4. The van der Waals surface area contributed by atoms with Gasteiger partial charge in [-0.1, -0.05) is 86.6 Å². The second-order valence-corrected chi connectivity index (χ2v) is 11.1. The van der Waals surface area contributed by atoms with Crippen LogP contribution in [0.5, 0.6) is 5.75 Å². The van der Waals surface area contributed by atoms with Gasteiger partial charge in [0.25, 0.3) is 0 Å². The van der Waals surface area contributed by atoms with Crippen LogP contribution < -0.4 is 4.74 Å². The molecule has 0 N–H and O–H groups in total. The van der Waals surface area contributed by atoms with Crippen molar-refractivity contribution < 1.29 is 17.7 Å². The van der Waals surface area contributed by atoms with Crippen LogP contribution in [0.1, 0.15) is 70.2 Å². The zero-order chi connectivity index (χ0) is 24.5. The van der Waals surface area contributed by atoms with E-state index < -0.39 is 15.7 Å². The van der Waals surface area contributed by atoms with Gasteiger partial charge in [-0.25, -0.2) is 8.42 Å². The van der Waals surface area contributed by atoms with Crippen LogP contribution in [0, 0.1) is 6.92 Å². The zero-order valence-electron chi connectivity index (χ0n) is 19.8. The summed E-state index contributed by atoms with van der Waals surface area (Å²) in [6.07, 6.45) is 0. The summed E-state index contributed by atoms with van der Waals surface area (Å²) in [7, 11) is -4.62.